The van der Waals surface area contributed by atoms with Crippen LogP contribution in [0.2, 0.25) is 0 Å². The first-order chi connectivity index (χ1) is 8.18. The molecule has 0 aromatic carbocycles. The molecule has 6 heteroatoms. The first-order valence-electron chi connectivity index (χ1n) is 5.42. The highest BCUT2D eigenvalue weighted by atomic mass is 32.2. The highest BCUT2D eigenvalue weighted by Crippen LogP contribution is 2.13. The minimum absolute atomic E-state index is 0.0726. The zero-order valence-electron chi connectivity index (χ0n) is 9.33. The van der Waals surface area contributed by atoms with Crippen molar-refractivity contribution in [1.29, 1.82) is 0 Å². The zero-order chi connectivity index (χ0) is 12.3. The minimum atomic E-state index is -0.940. The van der Waals surface area contributed by atoms with Crippen LogP contribution in [0.25, 0.3) is 0 Å². The van der Waals surface area contributed by atoms with Gasteiger partial charge in [-0.1, -0.05) is 0 Å². The number of carboxylic acid groups (broad SMARTS) is 1. The second-order valence-corrected chi connectivity index (χ2v) is 5.04. The van der Waals surface area contributed by atoms with Crippen LogP contribution in [0.4, 0.5) is 0 Å². The van der Waals surface area contributed by atoms with Crippen LogP contribution in [0.15, 0.2) is 18.3 Å². The van der Waals surface area contributed by atoms with Crippen LogP contribution in [0.3, 0.4) is 0 Å². The van der Waals surface area contributed by atoms with Crippen LogP contribution in [-0.2, 0) is 11.3 Å². The van der Waals surface area contributed by atoms with E-state index in [4.69, 9.17) is 5.11 Å². The van der Waals surface area contributed by atoms with Gasteiger partial charge in [0, 0.05) is 30.8 Å². The molecule has 0 bridgehead atoms. The Morgan fingerprint density at radius 3 is 2.71 bits per heavy atom. The molecule has 5 nitrogen and oxygen atoms in total. The molecule has 1 aliphatic heterocycles. The number of carboxylic acids is 1. The third-order valence-electron chi connectivity index (χ3n) is 2.65. The van der Waals surface area contributed by atoms with E-state index in [-0.39, 0.29) is 12.5 Å². The van der Waals surface area contributed by atoms with Crippen LogP contribution in [-0.4, -0.2) is 51.0 Å². The molecule has 2 rings (SSSR count). The van der Waals surface area contributed by atoms with E-state index in [1.807, 2.05) is 11.8 Å². The highest BCUT2D eigenvalue weighted by Gasteiger charge is 2.21. The van der Waals surface area contributed by atoms with Crippen molar-refractivity contribution in [3.63, 3.8) is 0 Å². The van der Waals surface area contributed by atoms with Crippen LogP contribution < -0.4 is 0 Å². The molecule has 0 saturated carbocycles. The third-order valence-corrected chi connectivity index (χ3v) is 3.60. The molecule has 1 amide bonds. The van der Waals surface area contributed by atoms with E-state index in [2.05, 4.69) is 0 Å². The number of carbonyl (C=O) groups is 2. The van der Waals surface area contributed by atoms with E-state index in [0.717, 1.165) is 24.6 Å². The van der Waals surface area contributed by atoms with Gasteiger partial charge in [-0.2, -0.15) is 11.8 Å². The number of thioether (sulfide) groups is 1. The maximum Gasteiger partial charge on any atom is 0.323 e. The summed E-state index contributed by atoms with van der Waals surface area (Å²) in [4.78, 5) is 24.6. The molecule has 1 aromatic rings. The molecule has 1 saturated heterocycles. The molecular formula is C11H14N2O3S. The Balaban J connectivity index is 2.12. The number of hydrogen-bond acceptors (Lipinski definition) is 3. The van der Waals surface area contributed by atoms with E-state index in [1.165, 1.54) is 4.57 Å². The topological polar surface area (TPSA) is 62.5 Å². The SMILES string of the molecule is O=C(O)Cn1cccc1C(=O)N1CCSCC1. The fourth-order valence-corrected chi connectivity index (χ4v) is 2.72. The maximum atomic E-state index is 12.2. The predicted octanol–water partition coefficient (Wildman–Crippen LogP) is 0.762. The Hall–Kier alpha value is -1.43. The van der Waals surface area contributed by atoms with Gasteiger partial charge in [-0.05, 0) is 12.1 Å². The summed E-state index contributed by atoms with van der Waals surface area (Å²) in [5.41, 5.74) is 0.458. The Labute approximate surface area is 103 Å². The summed E-state index contributed by atoms with van der Waals surface area (Å²) in [7, 11) is 0. The van der Waals surface area contributed by atoms with Crippen molar-refractivity contribution < 1.29 is 14.7 Å². The summed E-state index contributed by atoms with van der Waals surface area (Å²) in [5.74, 6) is 0.887. The quantitative estimate of drug-likeness (QED) is 0.865. The van der Waals surface area contributed by atoms with Gasteiger partial charge in [0.05, 0.1) is 0 Å². The van der Waals surface area contributed by atoms with E-state index in [1.54, 1.807) is 23.2 Å². The number of rotatable bonds is 3. The smallest absolute Gasteiger partial charge is 0.323 e. The van der Waals surface area contributed by atoms with Crippen molar-refractivity contribution >= 4 is 23.6 Å². The van der Waals surface area contributed by atoms with Crippen molar-refractivity contribution in [3.8, 4) is 0 Å². The lowest BCUT2D eigenvalue weighted by Crippen LogP contribution is -2.39. The number of carbonyl (C=O) groups excluding carboxylic acids is 1. The number of aliphatic carboxylic acids is 1. The fraction of sp³-hybridized carbons (Fsp3) is 0.455. The standard InChI is InChI=1S/C11H14N2O3S/c14-10(15)8-13-3-1-2-9(13)11(16)12-4-6-17-7-5-12/h1-3H,4-8H2,(H,14,15). The molecule has 0 spiro atoms. The lowest BCUT2D eigenvalue weighted by Gasteiger charge is -2.26. The van der Waals surface area contributed by atoms with Gasteiger partial charge in [-0.3, -0.25) is 9.59 Å². The number of nitrogens with zero attached hydrogens (tertiary/aromatic N) is 2. The lowest BCUT2D eigenvalue weighted by atomic mass is 10.3. The van der Waals surface area contributed by atoms with Gasteiger partial charge in [0.25, 0.3) is 5.91 Å². The lowest BCUT2D eigenvalue weighted by molar-refractivity contribution is -0.137. The molecule has 0 atom stereocenters. The van der Waals surface area contributed by atoms with E-state index < -0.39 is 5.97 Å². The van der Waals surface area contributed by atoms with E-state index >= 15 is 0 Å². The molecule has 92 valence electrons. The van der Waals surface area contributed by atoms with Crippen LogP contribution in [0, 0.1) is 0 Å². The molecule has 1 fully saturated rings. The first-order valence-corrected chi connectivity index (χ1v) is 6.58. The Kier molecular flexibility index (Phi) is 3.73. The van der Waals surface area contributed by atoms with Gasteiger partial charge in [0.15, 0.2) is 0 Å². The summed E-state index contributed by atoms with van der Waals surface area (Å²) in [5, 5.41) is 8.75. The molecule has 0 aliphatic carbocycles. The number of aromatic nitrogens is 1. The van der Waals surface area contributed by atoms with Gasteiger partial charge in [-0.15, -0.1) is 0 Å². The summed E-state index contributed by atoms with van der Waals surface area (Å²) < 4.78 is 1.48. The predicted molar refractivity (Wildman–Crippen MR) is 65.3 cm³/mol. The zero-order valence-corrected chi connectivity index (χ0v) is 10.2. The third kappa shape index (κ3) is 2.82. The van der Waals surface area contributed by atoms with Crippen molar-refractivity contribution in [3.05, 3.63) is 24.0 Å². The Morgan fingerprint density at radius 2 is 2.06 bits per heavy atom. The molecule has 1 N–H and O–H groups in total. The van der Waals surface area contributed by atoms with Crippen LogP contribution in [0.1, 0.15) is 10.5 Å². The molecule has 1 aliphatic rings. The Bertz CT molecular complexity index is 424. The fourth-order valence-electron chi connectivity index (χ4n) is 1.82. The van der Waals surface area contributed by atoms with Crippen molar-refractivity contribution in [1.82, 2.24) is 9.47 Å². The van der Waals surface area contributed by atoms with Crippen molar-refractivity contribution in [2.24, 2.45) is 0 Å². The average molecular weight is 254 g/mol. The maximum absolute atomic E-state index is 12.2. The highest BCUT2D eigenvalue weighted by molar-refractivity contribution is 7.99. The van der Waals surface area contributed by atoms with Crippen LogP contribution >= 0.6 is 11.8 Å². The molecule has 0 unspecified atom stereocenters. The summed E-state index contributed by atoms with van der Waals surface area (Å²) in [6, 6.07) is 3.38. The number of amides is 1. The average Bonchev–Trinajstić information content (AvgIpc) is 2.76. The molecule has 2 heterocycles. The molecule has 0 radical (unpaired) electrons. The Morgan fingerprint density at radius 1 is 1.35 bits per heavy atom. The van der Waals surface area contributed by atoms with Gasteiger partial charge in [0.2, 0.25) is 0 Å². The summed E-state index contributed by atoms with van der Waals surface area (Å²) in [6.07, 6.45) is 1.63. The molecule has 1 aromatic heterocycles. The second-order valence-electron chi connectivity index (χ2n) is 3.82. The van der Waals surface area contributed by atoms with Crippen molar-refractivity contribution in [2.75, 3.05) is 24.6 Å². The van der Waals surface area contributed by atoms with Gasteiger partial charge in [-0.25, -0.2) is 0 Å². The second kappa shape index (κ2) is 5.27. The van der Waals surface area contributed by atoms with Gasteiger partial charge < -0.3 is 14.6 Å². The van der Waals surface area contributed by atoms with Crippen molar-refractivity contribution in [2.45, 2.75) is 6.54 Å². The van der Waals surface area contributed by atoms with Crippen LogP contribution in [0.5, 0.6) is 0 Å². The van der Waals surface area contributed by atoms with E-state index in [9.17, 15) is 9.59 Å². The van der Waals surface area contributed by atoms with E-state index in [0.29, 0.717) is 5.69 Å². The summed E-state index contributed by atoms with van der Waals surface area (Å²) in [6.45, 7) is 1.31. The summed E-state index contributed by atoms with van der Waals surface area (Å²) >= 11 is 1.83. The molecular weight excluding hydrogens is 240 g/mol. The molecule has 17 heavy (non-hydrogen) atoms. The normalized spacial score (nSPS) is 15.9. The first kappa shape index (κ1) is 12.0. The van der Waals surface area contributed by atoms with Gasteiger partial charge >= 0.3 is 5.97 Å². The number of hydrogen-bond donors (Lipinski definition) is 1. The largest absolute Gasteiger partial charge is 0.480 e. The minimum Gasteiger partial charge on any atom is -0.480 e. The monoisotopic (exact) mass is 254 g/mol. The van der Waals surface area contributed by atoms with Gasteiger partial charge in [0.1, 0.15) is 12.2 Å².